The fourth-order valence-corrected chi connectivity index (χ4v) is 2.93. The van der Waals surface area contributed by atoms with E-state index >= 15 is 0 Å². The van der Waals surface area contributed by atoms with Gasteiger partial charge in [0.1, 0.15) is 0 Å². The van der Waals surface area contributed by atoms with Crippen molar-refractivity contribution in [3.8, 4) is 0 Å². The van der Waals surface area contributed by atoms with Crippen molar-refractivity contribution in [2.24, 2.45) is 5.73 Å². The summed E-state index contributed by atoms with van der Waals surface area (Å²) in [4.78, 5) is 2.44. The lowest BCUT2D eigenvalue weighted by molar-refractivity contribution is 0.201. The molecule has 0 aliphatic heterocycles. The molecule has 1 atom stereocenters. The molecular formula is C14H22BrClN2. The Hall–Kier alpha value is -0.0900. The predicted molar refractivity (Wildman–Crippen MR) is 83.1 cm³/mol. The topological polar surface area (TPSA) is 29.3 Å². The maximum atomic E-state index is 6.10. The van der Waals surface area contributed by atoms with Crippen molar-refractivity contribution >= 4 is 27.5 Å². The lowest BCUT2D eigenvalue weighted by atomic mass is 10.0. The minimum absolute atomic E-state index is 0.234. The van der Waals surface area contributed by atoms with Crippen LogP contribution in [0.2, 0.25) is 5.02 Å². The molecule has 1 aromatic rings. The molecular weight excluding hydrogens is 312 g/mol. The van der Waals surface area contributed by atoms with Crippen molar-refractivity contribution in [2.75, 3.05) is 19.6 Å². The van der Waals surface area contributed by atoms with E-state index in [0.717, 1.165) is 35.4 Å². The van der Waals surface area contributed by atoms with Crippen LogP contribution in [-0.2, 0) is 0 Å². The summed E-state index contributed by atoms with van der Waals surface area (Å²) in [6.45, 7) is 7.13. The normalized spacial score (nSPS) is 13.0. The Morgan fingerprint density at radius 1 is 1.28 bits per heavy atom. The molecule has 0 bridgehead atoms. The summed E-state index contributed by atoms with van der Waals surface area (Å²) in [5.41, 5.74) is 7.17. The molecule has 0 amide bonds. The number of nitrogens with two attached hydrogens (primary N) is 1. The van der Waals surface area contributed by atoms with Crippen LogP contribution >= 0.6 is 27.5 Å². The first kappa shape index (κ1) is 16.0. The second-order valence-electron chi connectivity index (χ2n) is 4.45. The molecule has 1 unspecified atom stereocenters. The Balaban J connectivity index is 3.01. The SMILES string of the molecule is CCCN(CCC)C(CN)c1cc(Cl)ccc1Br. The summed E-state index contributed by atoms with van der Waals surface area (Å²) in [5, 5.41) is 0.764. The van der Waals surface area contributed by atoms with Crippen LogP contribution in [0.3, 0.4) is 0 Å². The van der Waals surface area contributed by atoms with E-state index in [0.29, 0.717) is 6.54 Å². The van der Waals surface area contributed by atoms with Gasteiger partial charge in [-0.2, -0.15) is 0 Å². The Morgan fingerprint density at radius 2 is 1.89 bits per heavy atom. The molecule has 0 aromatic heterocycles. The van der Waals surface area contributed by atoms with Gasteiger partial charge in [-0.05, 0) is 49.7 Å². The highest BCUT2D eigenvalue weighted by Gasteiger charge is 2.20. The van der Waals surface area contributed by atoms with Crippen molar-refractivity contribution in [3.63, 3.8) is 0 Å². The summed E-state index contributed by atoms with van der Waals surface area (Å²) >= 11 is 9.70. The molecule has 1 aromatic carbocycles. The average Bonchev–Trinajstić information content (AvgIpc) is 2.35. The van der Waals surface area contributed by atoms with Gasteiger partial charge in [0, 0.05) is 22.1 Å². The molecule has 2 N–H and O–H groups in total. The highest BCUT2D eigenvalue weighted by Crippen LogP contribution is 2.30. The molecule has 0 aliphatic carbocycles. The summed E-state index contributed by atoms with van der Waals surface area (Å²) in [5.74, 6) is 0. The van der Waals surface area contributed by atoms with Crippen LogP contribution in [0.25, 0.3) is 0 Å². The van der Waals surface area contributed by atoms with Crippen LogP contribution in [0.1, 0.15) is 38.3 Å². The maximum Gasteiger partial charge on any atom is 0.0482 e. The molecule has 0 aliphatic rings. The van der Waals surface area contributed by atoms with Gasteiger partial charge in [0.2, 0.25) is 0 Å². The fourth-order valence-electron chi connectivity index (χ4n) is 2.24. The lowest BCUT2D eigenvalue weighted by Crippen LogP contribution is -2.35. The third kappa shape index (κ3) is 4.23. The van der Waals surface area contributed by atoms with Gasteiger partial charge >= 0.3 is 0 Å². The van der Waals surface area contributed by atoms with Gasteiger partial charge in [-0.3, -0.25) is 4.90 Å². The summed E-state index contributed by atoms with van der Waals surface area (Å²) < 4.78 is 1.08. The van der Waals surface area contributed by atoms with E-state index in [1.807, 2.05) is 18.2 Å². The lowest BCUT2D eigenvalue weighted by Gasteiger charge is -2.31. The van der Waals surface area contributed by atoms with Crippen LogP contribution < -0.4 is 5.73 Å². The minimum Gasteiger partial charge on any atom is -0.329 e. The van der Waals surface area contributed by atoms with Crippen LogP contribution in [0.4, 0.5) is 0 Å². The van der Waals surface area contributed by atoms with Gasteiger partial charge < -0.3 is 5.73 Å². The Kier molecular flexibility index (Phi) is 7.23. The largest absolute Gasteiger partial charge is 0.329 e. The van der Waals surface area contributed by atoms with E-state index in [4.69, 9.17) is 17.3 Å². The number of rotatable bonds is 7. The van der Waals surface area contributed by atoms with Gasteiger partial charge in [0.05, 0.1) is 0 Å². The quantitative estimate of drug-likeness (QED) is 0.809. The molecule has 18 heavy (non-hydrogen) atoms. The zero-order valence-electron chi connectivity index (χ0n) is 11.1. The first-order valence-electron chi connectivity index (χ1n) is 6.53. The average molecular weight is 334 g/mol. The van der Waals surface area contributed by atoms with Gasteiger partial charge in [-0.1, -0.05) is 41.4 Å². The van der Waals surface area contributed by atoms with E-state index in [2.05, 4.69) is 34.7 Å². The standard InChI is InChI=1S/C14H22BrClN2/c1-3-7-18(8-4-2)14(10-17)12-9-11(16)5-6-13(12)15/h5-6,9,14H,3-4,7-8,10,17H2,1-2H3. The molecule has 0 saturated heterocycles. The second-order valence-corrected chi connectivity index (χ2v) is 5.74. The van der Waals surface area contributed by atoms with E-state index in [1.54, 1.807) is 0 Å². The van der Waals surface area contributed by atoms with E-state index < -0.39 is 0 Å². The molecule has 4 heteroatoms. The fraction of sp³-hybridized carbons (Fsp3) is 0.571. The van der Waals surface area contributed by atoms with Crippen molar-refractivity contribution in [3.05, 3.63) is 33.3 Å². The predicted octanol–water partition coefficient (Wildman–Crippen LogP) is 4.22. The molecule has 2 nitrogen and oxygen atoms in total. The van der Waals surface area contributed by atoms with Crippen LogP contribution in [0.15, 0.2) is 22.7 Å². The van der Waals surface area contributed by atoms with Crippen LogP contribution in [0, 0.1) is 0 Å². The maximum absolute atomic E-state index is 6.10. The molecule has 0 spiro atoms. The van der Waals surface area contributed by atoms with Crippen molar-refractivity contribution in [1.29, 1.82) is 0 Å². The summed E-state index contributed by atoms with van der Waals surface area (Å²) in [7, 11) is 0. The van der Waals surface area contributed by atoms with E-state index in [1.165, 1.54) is 5.56 Å². The molecule has 0 heterocycles. The highest BCUT2D eigenvalue weighted by molar-refractivity contribution is 9.10. The third-order valence-electron chi connectivity index (χ3n) is 3.00. The van der Waals surface area contributed by atoms with E-state index in [9.17, 15) is 0 Å². The van der Waals surface area contributed by atoms with E-state index in [-0.39, 0.29) is 6.04 Å². The summed E-state index contributed by atoms with van der Waals surface area (Å²) in [6.07, 6.45) is 2.27. The minimum atomic E-state index is 0.234. The molecule has 102 valence electrons. The zero-order valence-corrected chi connectivity index (χ0v) is 13.5. The number of nitrogens with zero attached hydrogens (tertiary/aromatic N) is 1. The smallest absolute Gasteiger partial charge is 0.0482 e. The molecule has 0 saturated carbocycles. The van der Waals surface area contributed by atoms with Gasteiger partial charge in [0.15, 0.2) is 0 Å². The zero-order chi connectivity index (χ0) is 13.5. The highest BCUT2D eigenvalue weighted by atomic mass is 79.9. The van der Waals surface area contributed by atoms with Crippen LogP contribution in [0.5, 0.6) is 0 Å². The number of halogens is 2. The Bertz CT molecular complexity index is 365. The van der Waals surface area contributed by atoms with Gasteiger partial charge in [0.25, 0.3) is 0 Å². The van der Waals surface area contributed by atoms with Gasteiger partial charge in [-0.15, -0.1) is 0 Å². The number of hydrogen-bond acceptors (Lipinski definition) is 2. The second kappa shape index (κ2) is 8.16. The summed E-state index contributed by atoms with van der Waals surface area (Å²) in [6, 6.07) is 6.14. The first-order valence-corrected chi connectivity index (χ1v) is 7.70. The Labute approximate surface area is 124 Å². The number of benzene rings is 1. The van der Waals surface area contributed by atoms with Crippen molar-refractivity contribution in [1.82, 2.24) is 4.90 Å². The Morgan fingerprint density at radius 3 is 2.39 bits per heavy atom. The third-order valence-corrected chi connectivity index (χ3v) is 3.96. The monoisotopic (exact) mass is 332 g/mol. The van der Waals surface area contributed by atoms with Gasteiger partial charge in [-0.25, -0.2) is 0 Å². The first-order chi connectivity index (χ1) is 8.63. The van der Waals surface area contributed by atoms with Crippen LogP contribution in [-0.4, -0.2) is 24.5 Å². The molecule has 1 rings (SSSR count). The van der Waals surface area contributed by atoms with Crippen molar-refractivity contribution in [2.45, 2.75) is 32.7 Å². The molecule has 0 fully saturated rings. The molecule has 0 radical (unpaired) electrons. The number of hydrogen-bond donors (Lipinski definition) is 1. The van der Waals surface area contributed by atoms with Crippen molar-refractivity contribution < 1.29 is 0 Å².